The van der Waals surface area contributed by atoms with Gasteiger partial charge in [-0.15, -0.1) is 0 Å². The number of benzene rings is 3. The molecule has 0 spiro atoms. The number of hydrogen-bond acceptors (Lipinski definition) is 6. The Bertz CT molecular complexity index is 1270. The maximum Gasteiger partial charge on any atom is 0.273 e. The molecule has 0 saturated carbocycles. The molecule has 0 radical (unpaired) electrons. The van der Waals surface area contributed by atoms with E-state index < -0.39 is 29.8 Å². The summed E-state index contributed by atoms with van der Waals surface area (Å²) in [6.45, 7) is 6.44. The van der Waals surface area contributed by atoms with Crippen LogP contribution in [0.25, 0.3) is 0 Å². The second-order valence-corrected chi connectivity index (χ2v) is 9.35. The molecule has 2 amide bonds. The fraction of sp³-hybridized carbons (Fsp3) is 0.276. The largest absolute Gasteiger partial charge is 0.392 e. The van der Waals surface area contributed by atoms with Crippen molar-refractivity contribution in [2.45, 2.75) is 39.5 Å². The summed E-state index contributed by atoms with van der Waals surface area (Å²) in [5.41, 5.74) is 5.45. The van der Waals surface area contributed by atoms with Crippen molar-refractivity contribution >= 4 is 23.7 Å². The van der Waals surface area contributed by atoms with Gasteiger partial charge in [-0.2, -0.15) is 5.10 Å². The maximum atomic E-state index is 14.0. The lowest BCUT2D eigenvalue weighted by atomic mass is 10.1. The highest BCUT2D eigenvalue weighted by Crippen LogP contribution is 2.19. The molecule has 0 aliphatic carbocycles. The van der Waals surface area contributed by atoms with Crippen molar-refractivity contribution in [1.29, 1.82) is 0 Å². The average molecular weight is 521 g/mol. The van der Waals surface area contributed by atoms with Crippen molar-refractivity contribution in [2.75, 3.05) is 18.4 Å². The summed E-state index contributed by atoms with van der Waals surface area (Å²) in [4.78, 5) is 27.7. The summed E-state index contributed by atoms with van der Waals surface area (Å²) >= 11 is 0. The summed E-state index contributed by atoms with van der Waals surface area (Å²) in [6, 6.07) is 17.9. The Kier molecular flexibility index (Phi) is 10.2. The van der Waals surface area contributed by atoms with Gasteiger partial charge in [-0.1, -0.05) is 42.0 Å². The summed E-state index contributed by atoms with van der Waals surface area (Å²) in [6.07, 6.45) is 0.313. The first-order chi connectivity index (χ1) is 18.1. The van der Waals surface area contributed by atoms with Crippen LogP contribution in [-0.2, 0) is 6.54 Å². The van der Waals surface area contributed by atoms with E-state index in [4.69, 9.17) is 0 Å². The number of aryl methyl sites for hydroxylation is 1. The van der Waals surface area contributed by atoms with Crippen LogP contribution in [0.5, 0.6) is 0 Å². The fourth-order valence-electron chi connectivity index (χ4n) is 3.91. The highest BCUT2D eigenvalue weighted by molar-refractivity contribution is 6.09. The number of hydrogen-bond donors (Lipinski definition) is 4. The van der Waals surface area contributed by atoms with Gasteiger partial charge in [0, 0.05) is 25.2 Å². The molecule has 0 heterocycles. The Morgan fingerprint density at radius 1 is 0.974 bits per heavy atom. The van der Waals surface area contributed by atoms with Crippen molar-refractivity contribution in [1.82, 2.24) is 10.3 Å². The number of hydrazone groups is 1. The number of carbonyl (C=O) groups is 2. The second kappa shape index (κ2) is 13.6. The predicted molar refractivity (Wildman–Crippen MR) is 146 cm³/mol. The van der Waals surface area contributed by atoms with Crippen LogP contribution in [0.4, 0.5) is 10.1 Å². The van der Waals surface area contributed by atoms with E-state index in [9.17, 15) is 24.2 Å². The predicted octanol–water partition coefficient (Wildman–Crippen LogP) is 3.71. The lowest BCUT2D eigenvalue weighted by Crippen LogP contribution is -2.35. The van der Waals surface area contributed by atoms with E-state index in [-0.39, 0.29) is 11.3 Å². The first-order valence-electron chi connectivity index (χ1n) is 12.3. The van der Waals surface area contributed by atoms with Crippen LogP contribution in [0.15, 0.2) is 71.8 Å². The molecule has 2 unspecified atom stereocenters. The van der Waals surface area contributed by atoms with Crippen molar-refractivity contribution in [3.63, 3.8) is 0 Å². The topological polar surface area (TPSA) is 114 Å². The number of nitrogens with one attached hydrogen (secondary N) is 2. The van der Waals surface area contributed by atoms with E-state index in [1.165, 1.54) is 12.3 Å². The Morgan fingerprint density at radius 3 is 2.32 bits per heavy atom. The molecule has 0 aliphatic heterocycles. The zero-order valence-corrected chi connectivity index (χ0v) is 21.7. The van der Waals surface area contributed by atoms with E-state index in [2.05, 4.69) is 15.8 Å². The number of halogens is 1. The lowest BCUT2D eigenvalue weighted by molar-refractivity contribution is 0.0793. The molecule has 0 saturated heterocycles. The van der Waals surface area contributed by atoms with Crippen LogP contribution in [0, 0.1) is 12.7 Å². The third kappa shape index (κ3) is 8.88. The van der Waals surface area contributed by atoms with Crippen LogP contribution in [0.3, 0.4) is 0 Å². The number of carbonyl (C=O) groups excluding carboxylic acids is 2. The summed E-state index contributed by atoms with van der Waals surface area (Å²) in [5.74, 6) is -1.79. The van der Waals surface area contributed by atoms with Crippen molar-refractivity contribution in [3.05, 3.63) is 100 Å². The van der Waals surface area contributed by atoms with Crippen LogP contribution in [-0.4, -0.2) is 58.4 Å². The Hall–Kier alpha value is -3.92. The zero-order chi connectivity index (χ0) is 27.7. The first-order valence-corrected chi connectivity index (χ1v) is 12.3. The van der Waals surface area contributed by atoms with Gasteiger partial charge in [0.2, 0.25) is 0 Å². The summed E-state index contributed by atoms with van der Waals surface area (Å²) < 4.78 is 14.0. The molecular formula is C29H33FN4O4. The molecule has 0 aliphatic rings. The van der Waals surface area contributed by atoms with Gasteiger partial charge in [-0.3, -0.25) is 14.5 Å². The third-order valence-electron chi connectivity index (χ3n) is 5.57. The standard InChI is InChI=1S/C29H33FN4O4/c1-19-7-9-22(10-8-19)15-31-33-29(38)26-14-25(30)11-12-27(26)32-28(37)24-6-4-5-23(13-24)18-34(16-20(2)35)17-21(3)36/h4-15,20-21,35-36H,16-18H2,1-3H3,(H,32,37)(H,33,38). The van der Waals surface area contributed by atoms with E-state index in [1.54, 1.807) is 32.0 Å². The van der Waals surface area contributed by atoms with Gasteiger partial charge >= 0.3 is 0 Å². The third-order valence-corrected chi connectivity index (χ3v) is 5.57. The van der Waals surface area contributed by atoms with Crippen molar-refractivity contribution in [2.24, 2.45) is 5.10 Å². The second-order valence-electron chi connectivity index (χ2n) is 9.35. The van der Waals surface area contributed by atoms with E-state index >= 15 is 0 Å². The van der Waals surface area contributed by atoms with Crippen LogP contribution in [0.1, 0.15) is 51.3 Å². The van der Waals surface area contributed by atoms with E-state index in [1.807, 2.05) is 42.2 Å². The zero-order valence-electron chi connectivity index (χ0n) is 21.7. The van der Waals surface area contributed by atoms with Crippen molar-refractivity contribution in [3.8, 4) is 0 Å². The number of aliphatic hydroxyl groups is 2. The molecule has 8 nitrogen and oxygen atoms in total. The van der Waals surface area contributed by atoms with E-state index in [0.717, 1.165) is 28.8 Å². The summed E-state index contributed by atoms with van der Waals surface area (Å²) in [5, 5.41) is 26.2. The fourth-order valence-corrected chi connectivity index (χ4v) is 3.91. The van der Waals surface area contributed by atoms with Gasteiger partial charge in [0.25, 0.3) is 11.8 Å². The molecule has 0 aromatic heterocycles. The highest BCUT2D eigenvalue weighted by Gasteiger charge is 2.17. The minimum atomic E-state index is -0.677. The van der Waals surface area contributed by atoms with Crippen LogP contribution < -0.4 is 10.7 Å². The van der Waals surface area contributed by atoms with E-state index in [0.29, 0.717) is 25.2 Å². The van der Waals surface area contributed by atoms with Gasteiger partial charge in [0.05, 0.1) is 29.7 Å². The van der Waals surface area contributed by atoms with Crippen LogP contribution in [0.2, 0.25) is 0 Å². The molecule has 3 rings (SSSR count). The first kappa shape index (κ1) is 28.6. The monoisotopic (exact) mass is 520 g/mol. The smallest absolute Gasteiger partial charge is 0.273 e. The minimum Gasteiger partial charge on any atom is -0.392 e. The Morgan fingerprint density at radius 2 is 1.66 bits per heavy atom. The van der Waals surface area contributed by atoms with Gasteiger partial charge in [-0.05, 0) is 62.2 Å². The molecule has 3 aromatic rings. The van der Waals surface area contributed by atoms with Gasteiger partial charge in [-0.25, -0.2) is 9.82 Å². The lowest BCUT2D eigenvalue weighted by Gasteiger charge is -2.25. The number of nitrogens with zero attached hydrogens (tertiary/aromatic N) is 2. The molecule has 2 atom stereocenters. The minimum absolute atomic E-state index is 0.0735. The maximum absolute atomic E-state index is 14.0. The van der Waals surface area contributed by atoms with Crippen LogP contribution >= 0.6 is 0 Å². The number of aliphatic hydroxyl groups excluding tert-OH is 2. The Labute approximate surface area is 221 Å². The molecule has 38 heavy (non-hydrogen) atoms. The molecule has 0 bridgehead atoms. The van der Waals surface area contributed by atoms with Gasteiger partial charge in [0.1, 0.15) is 5.82 Å². The summed E-state index contributed by atoms with van der Waals surface area (Å²) in [7, 11) is 0. The number of rotatable bonds is 11. The normalized spacial score (nSPS) is 12.9. The SMILES string of the molecule is Cc1ccc(C=NNC(=O)c2cc(F)ccc2NC(=O)c2cccc(CN(CC(C)O)CC(C)O)c2)cc1. The molecule has 4 N–H and O–H groups in total. The quantitative estimate of drug-likeness (QED) is 0.227. The highest BCUT2D eigenvalue weighted by atomic mass is 19.1. The molecule has 200 valence electrons. The molecule has 9 heteroatoms. The number of anilines is 1. The van der Waals surface area contributed by atoms with Crippen molar-refractivity contribution < 1.29 is 24.2 Å². The van der Waals surface area contributed by atoms with Gasteiger partial charge in [0.15, 0.2) is 0 Å². The average Bonchev–Trinajstić information content (AvgIpc) is 2.85. The number of amides is 2. The molecule has 3 aromatic carbocycles. The van der Waals surface area contributed by atoms with Gasteiger partial charge < -0.3 is 15.5 Å². The molecule has 0 fully saturated rings. The Balaban J connectivity index is 1.73. The molecular weight excluding hydrogens is 487 g/mol.